The predicted octanol–water partition coefficient (Wildman–Crippen LogP) is 5.79. The van der Waals surface area contributed by atoms with Gasteiger partial charge in [0.15, 0.2) is 5.90 Å². The SMILES string of the molecule is CCCC[C@H]1C=Cc2ccccc2[C@@H]1C1=N[C@@H](COC)[C@H](c2ccccc2)O1. The summed E-state index contributed by atoms with van der Waals surface area (Å²) in [5, 5.41) is 0. The van der Waals surface area contributed by atoms with Gasteiger partial charge in [-0.3, -0.25) is 0 Å². The topological polar surface area (TPSA) is 30.8 Å². The van der Waals surface area contributed by atoms with E-state index in [0.717, 1.165) is 17.9 Å². The largest absolute Gasteiger partial charge is 0.470 e. The Bertz CT molecular complexity index is 843. The highest BCUT2D eigenvalue weighted by atomic mass is 16.5. The molecule has 1 aliphatic carbocycles. The quantitative estimate of drug-likeness (QED) is 0.613. The number of ether oxygens (including phenoxy) is 2. The predicted molar refractivity (Wildman–Crippen MR) is 115 cm³/mol. The fourth-order valence-electron chi connectivity index (χ4n) is 4.39. The summed E-state index contributed by atoms with van der Waals surface area (Å²) in [5.74, 6) is 1.47. The number of hydrogen-bond acceptors (Lipinski definition) is 3. The van der Waals surface area contributed by atoms with Gasteiger partial charge in [-0.25, -0.2) is 4.99 Å². The first-order valence-electron chi connectivity index (χ1n) is 10.4. The molecular weight excluding hydrogens is 346 g/mol. The molecule has 0 saturated carbocycles. The van der Waals surface area contributed by atoms with E-state index in [9.17, 15) is 0 Å². The lowest BCUT2D eigenvalue weighted by molar-refractivity contribution is 0.117. The smallest absolute Gasteiger partial charge is 0.192 e. The summed E-state index contributed by atoms with van der Waals surface area (Å²) in [4.78, 5) is 5.05. The summed E-state index contributed by atoms with van der Waals surface area (Å²) in [6, 6.07) is 19.0. The third kappa shape index (κ3) is 3.77. The van der Waals surface area contributed by atoms with Crippen LogP contribution in [0.5, 0.6) is 0 Å². The molecule has 0 aromatic heterocycles. The minimum atomic E-state index is -0.0824. The summed E-state index contributed by atoms with van der Waals surface area (Å²) in [5.41, 5.74) is 3.76. The van der Waals surface area contributed by atoms with Crippen molar-refractivity contribution in [2.75, 3.05) is 13.7 Å². The highest BCUT2D eigenvalue weighted by Crippen LogP contribution is 2.42. The van der Waals surface area contributed by atoms with Gasteiger partial charge in [0.1, 0.15) is 12.1 Å². The lowest BCUT2D eigenvalue weighted by atomic mass is 9.77. The van der Waals surface area contributed by atoms with E-state index in [-0.39, 0.29) is 18.1 Å². The molecule has 28 heavy (non-hydrogen) atoms. The van der Waals surface area contributed by atoms with Gasteiger partial charge >= 0.3 is 0 Å². The molecule has 0 amide bonds. The first-order chi connectivity index (χ1) is 13.8. The summed E-state index contributed by atoms with van der Waals surface area (Å²) >= 11 is 0. The van der Waals surface area contributed by atoms with Gasteiger partial charge in [0, 0.05) is 7.11 Å². The molecule has 0 N–H and O–H groups in total. The zero-order chi connectivity index (χ0) is 19.3. The number of benzene rings is 2. The number of allylic oxidation sites excluding steroid dienone is 1. The van der Waals surface area contributed by atoms with Gasteiger partial charge in [0.05, 0.1) is 12.5 Å². The molecule has 0 spiro atoms. The van der Waals surface area contributed by atoms with Gasteiger partial charge in [0.2, 0.25) is 0 Å². The Morgan fingerprint density at radius 3 is 2.61 bits per heavy atom. The van der Waals surface area contributed by atoms with Gasteiger partial charge in [-0.05, 0) is 29.0 Å². The zero-order valence-corrected chi connectivity index (χ0v) is 16.8. The molecular formula is C25H29NO2. The molecule has 4 atom stereocenters. The lowest BCUT2D eigenvalue weighted by Crippen LogP contribution is -2.25. The highest BCUT2D eigenvalue weighted by molar-refractivity contribution is 5.88. The first kappa shape index (κ1) is 18.9. The van der Waals surface area contributed by atoms with E-state index in [2.05, 4.69) is 67.6 Å². The van der Waals surface area contributed by atoms with Gasteiger partial charge in [-0.1, -0.05) is 86.5 Å². The Labute approximate surface area is 168 Å². The van der Waals surface area contributed by atoms with Crippen LogP contribution in [0.2, 0.25) is 0 Å². The molecule has 1 aliphatic heterocycles. The molecule has 2 aliphatic rings. The van der Waals surface area contributed by atoms with Crippen LogP contribution in [0.1, 0.15) is 54.9 Å². The van der Waals surface area contributed by atoms with E-state index in [1.54, 1.807) is 7.11 Å². The number of methoxy groups -OCH3 is 1. The molecule has 0 bridgehead atoms. The fourth-order valence-corrected chi connectivity index (χ4v) is 4.39. The van der Waals surface area contributed by atoms with Crippen LogP contribution in [0, 0.1) is 5.92 Å². The zero-order valence-electron chi connectivity index (χ0n) is 16.8. The molecule has 0 radical (unpaired) electrons. The van der Waals surface area contributed by atoms with E-state index in [0.29, 0.717) is 12.5 Å². The van der Waals surface area contributed by atoms with E-state index in [4.69, 9.17) is 14.5 Å². The second-order valence-electron chi connectivity index (χ2n) is 7.71. The van der Waals surface area contributed by atoms with Crippen LogP contribution in [0.3, 0.4) is 0 Å². The van der Waals surface area contributed by atoms with Gasteiger partial charge in [-0.2, -0.15) is 0 Å². The third-order valence-electron chi connectivity index (χ3n) is 5.80. The van der Waals surface area contributed by atoms with Crippen LogP contribution in [0.25, 0.3) is 6.08 Å². The van der Waals surface area contributed by atoms with Crippen LogP contribution in [-0.4, -0.2) is 25.7 Å². The second kappa shape index (κ2) is 8.74. The maximum atomic E-state index is 6.56. The normalized spacial score (nSPS) is 25.9. The summed E-state index contributed by atoms with van der Waals surface area (Å²) < 4.78 is 12.0. The monoisotopic (exact) mass is 375 g/mol. The van der Waals surface area contributed by atoms with Crippen LogP contribution in [0.15, 0.2) is 65.7 Å². The Morgan fingerprint density at radius 1 is 1.04 bits per heavy atom. The van der Waals surface area contributed by atoms with Crippen molar-refractivity contribution in [3.8, 4) is 0 Å². The minimum absolute atomic E-state index is 0.00714. The van der Waals surface area contributed by atoms with E-state index >= 15 is 0 Å². The molecule has 3 nitrogen and oxygen atoms in total. The third-order valence-corrected chi connectivity index (χ3v) is 5.80. The van der Waals surface area contributed by atoms with Crippen molar-refractivity contribution < 1.29 is 9.47 Å². The number of hydrogen-bond donors (Lipinski definition) is 0. The molecule has 1 heterocycles. The average molecular weight is 376 g/mol. The molecule has 4 rings (SSSR count). The molecule has 0 fully saturated rings. The molecule has 146 valence electrons. The van der Waals surface area contributed by atoms with E-state index in [1.807, 2.05) is 6.07 Å². The minimum Gasteiger partial charge on any atom is -0.470 e. The van der Waals surface area contributed by atoms with Crippen molar-refractivity contribution >= 4 is 12.0 Å². The van der Waals surface area contributed by atoms with Gasteiger partial charge in [-0.15, -0.1) is 0 Å². The maximum absolute atomic E-state index is 6.56. The molecule has 0 saturated heterocycles. The van der Waals surface area contributed by atoms with Crippen molar-refractivity contribution in [2.24, 2.45) is 10.9 Å². The second-order valence-corrected chi connectivity index (χ2v) is 7.71. The number of fused-ring (bicyclic) bond motifs is 1. The molecule has 2 aromatic carbocycles. The number of aliphatic imine (C=N–C) groups is 1. The molecule has 2 aromatic rings. The average Bonchev–Trinajstić information content (AvgIpc) is 3.16. The highest BCUT2D eigenvalue weighted by Gasteiger charge is 2.39. The standard InChI is InChI=1S/C25H29NO2/c1-3-4-10-19-16-15-18-11-8-9-14-21(18)23(19)25-26-22(17-27-2)24(28-25)20-12-6-5-7-13-20/h5-9,11-16,19,22-24H,3-4,10,17H2,1-2H3/t19-,22-,23+,24-/m0/s1. The Hall–Kier alpha value is -2.39. The van der Waals surface area contributed by atoms with Crippen molar-refractivity contribution in [3.63, 3.8) is 0 Å². The number of nitrogens with zero attached hydrogens (tertiary/aromatic N) is 1. The molecule has 3 heteroatoms. The van der Waals surface area contributed by atoms with Crippen molar-refractivity contribution in [1.82, 2.24) is 0 Å². The van der Waals surface area contributed by atoms with E-state index < -0.39 is 0 Å². The fraction of sp³-hybridized carbons (Fsp3) is 0.400. The summed E-state index contributed by atoms with van der Waals surface area (Å²) in [6.07, 6.45) is 8.11. The van der Waals surface area contributed by atoms with Gasteiger partial charge < -0.3 is 9.47 Å². The molecule has 0 unspecified atom stereocenters. The van der Waals surface area contributed by atoms with Crippen molar-refractivity contribution in [2.45, 2.75) is 44.2 Å². The number of unbranched alkanes of at least 4 members (excludes halogenated alkanes) is 1. The van der Waals surface area contributed by atoms with Crippen molar-refractivity contribution in [3.05, 3.63) is 77.4 Å². The van der Waals surface area contributed by atoms with Crippen LogP contribution < -0.4 is 0 Å². The van der Waals surface area contributed by atoms with Crippen LogP contribution >= 0.6 is 0 Å². The first-order valence-corrected chi connectivity index (χ1v) is 10.4. The number of rotatable bonds is 7. The van der Waals surface area contributed by atoms with Crippen LogP contribution in [0.4, 0.5) is 0 Å². The van der Waals surface area contributed by atoms with Gasteiger partial charge in [0.25, 0.3) is 0 Å². The van der Waals surface area contributed by atoms with Crippen LogP contribution in [-0.2, 0) is 9.47 Å². The Kier molecular flexibility index (Phi) is 5.92. The lowest BCUT2D eigenvalue weighted by Gasteiger charge is -2.30. The van der Waals surface area contributed by atoms with Crippen molar-refractivity contribution in [1.29, 1.82) is 0 Å². The summed E-state index contributed by atoms with van der Waals surface area (Å²) in [6.45, 7) is 2.81. The summed E-state index contributed by atoms with van der Waals surface area (Å²) in [7, 11) is 1.73. The maximum Gasteiger partial charge on any atom is 0.192 e. The Balaban J connectivity index is 1.68. The van der Waals surface area contributed by atoms with E-state index in [1.165, 1.54) is 24.0 Å². The Morgan fingerprint density at radius 2 is 1.82 bits per heavy atom.